The number of nitrogens with one attached hydrogen (secondary N) is 1. The number of amides is 1. The number of nitrogens with zero attached hydrogens (tertiary/aromatic N) is 3. The molecule has 6 rings (SSSR count). The van der Waals surface area contributed by atoms with Crippen LogP contribution < -0.4 is 5.32 Å². The number of ketones is 1. The van der Waals surface area contributed by atoms with E-state index in [4.69, 9.17) is 4.74 Å². The zero-order chi connectivity index (χ0) is 24.5. The molecule has 3 fully saturated rings. The fourth-order valence-corrected chi connectivity index (χ4v) is 5.35. The van der Waals surface area contributed by atoms with Crippen molar-refractivity contribution in [3.63, 3.8) is 0 Å². The van der Waals surface area contributed by atoms with Gasteiger partial charge in [-0.1, -0.05) is 0 Å². The van der Waals surface area contributed by atoms with E-state index in [1.54, 1.807) is 36.4 Å². The number of aryl methyl sites for hydroxylation is 1. The minimum Gasteiger partial charge on any atom is -0.448 e. The van der Waals surface area contributed by atoms with Crippen LogP contribution in [0, 0.1) is 11.7 Å². The third-order valence-corrected chi connectivity index (χ3v) is 7.26. The molecule has 2 aromatic carbocycles. The second kappa shape index (κ2) is 9.62. The van der Waals surface area contributed by atoms with Crippen molar-refractivity contribution in [2.24, 2.45) is 13.0 Å². The largest absolute Gasteiger partial charge is 0.448 e. The number of aromatic nitrogens is 2. The van der Waals surface area contributed by atoms with E-state index in [0.717, 1.165) is 37.2 Å². The third-order valence-electron chi connectivity index (χ3n) is 7.26. The second-order valence-electron chi connectivity index (χ2n) is 9.48. The lowest BCUT2D eigenvalue weighted by atomic mass is 9.74. The fourth-order valence-electron chi connectivity index (χ4n) is 5.35. The average Bonchev–Trinajstić information content (AvgIpc) is 3.25. The lowest BCUT2D eigenvalue weighted by Gasteiger charge is -2.49. The summed E-state index contributed by atoms with van der Waals surface area (Å²) < 4.78 is 20.8. The maximum absolute atomic E-state index is 13.3. The first-order chi connectivity index (χ1) is 16.9. The van der Waals surface area contributed by atoms with Crippen LogP contribution in [-0.2, 0) is 11.8 Å². The summed E-state index contributed by atoms with van der Waals surface area (Å²) in [7, 11) is 1.97. The van der Waals surface area contributed by atoms with Gasteiger partial charge in [-0.15, -0.1) is 0 Å². The van der Waals surface area contributed by atoms with Gasteiger partial charge in [-0.25, -0.2) is 9.18 Å². The highest BCUT2D eigenvalue weighted by Gasteiger charge is 2.42. The summed E-state index contributed by atoms with van der Waals surface area (Å²) in [6, 6.07) is 15.5. The maximum Gasteiger partial charge on any atom is 0.411 e. The summed E-state index contributed by atoms with van der Waals surface area (Å²) in [6.07, 6.45) is 1.57. The monoisotopic (exact) mass is 476 g/mol. The molecule has 1 N–H and O–H groups in total. The molecule has 4 atom stereocenters. The van der Waals surface area contributed by atoms with Gasteiger partial charge in [0.2, 0.25) is 0 Å². The van der Waals surface area contributed by atoms with Crippen LogP contribution >= 0.6 is 0 Å². The second-order valence-corrected chi connectivity index (χ2v) is 9.48. The van der Waals surface area contributed by atoms with Gasteiger partial charge in [-0.2, -0.15) is 5.10 Å². The van der Waals surface area contributed by atoms with Crippen LogP contribution in [-0.4, -0.2) is 52.3 Å². The number of benzene rings is 2. The highest BCUT2D eigenvalue weighted by Crippen LogP contribution is 2.42. The Morgan fingerprint density at radius 2 is 1.89 bits per heavy atom. The summed E-state index contributed by atoms with van der Waals surface area (Å²) in [5.41, 5.74) is 4.14. The summed E-state index contributed by atoms with van der Waals surface area (Å²) in [5.74, 6) is 0.583. The van der Waals surface area contributed by atoms with Crippen molar-refractivity contribution in [1.29, 1.82) is 0 Å². The van der Waals surface area contributed by atoms with Crippen molar-refractivity contribution in [2.45, 2.75) is 31.7 Å². The van der Waals surface area contributed by atoms with Crippen molar-refractivity contribution < 1.29 is 18.7 Å². The number of Topliss-reactive ketones (excluding diaryl/α,β-unsaturated/α-hetero) is 1. The number of rotatable bonds is 6. The summed E-state index contributed by atoms with van der Waals surface area (Å²) in [5, 5.41) is 7.41. The van der Waals surface area contributed by atoms with Gasteiger partial charge in [0.05, 0.1) is 5.69 Å². The van der Waals surface area contributed by atoms with Crippen LogP contribution in [0.2, 0.25) is 0 Å². The average molecular weight is 477 g/mol. The number of hydrogen-bond donors (Lipinski definition) is 1. The van der Waals surface area contributed by atoms with Gasteiger partial charge < -0.3 is 4.74 Å². The molecular weight excluding hydrogens is 447 g/mol. The van der Waals surface area contributed by atoms with Crippen molar-refractivity contribution in [2.75, 3.05) is 25.0 Å². The highest BCUT2D eigenvalue weighted by atomic mass is 19.1. The summed E-state index contributed by atoms with van der Waals surface area (Å²) in [6.45, 7) is 3.74. The SMILES string of the molecule is CC(=O)c1ccc(NC(=O)OC[C@H]2C[C@@H]3CCN2C[C@@H]3c2cc(-c3ccc(F)cc3)nn2C)cc1. The molecule has 2 bridgehead atoms. The van der Waals surface area contributed by atoms with Crippen molar-refractivity contribution in [1.82, 2.24) is 14.7 Å². The molecule has 35 heavy (non-hydrogen) atoms. The molecule has 1 unspecified atom stereocenters. The zero-order valence-electron chi connectivity index (χ0n) is 19.9. The Bertz CT molecular complexity index is 1220. The van der Waals surface area contributed by atoms with E-state index in [1.807, 2.05) is 11.7 Å². The first-order valence-electron chi connectivity index (χ1n) is 12.0. The van der Waals surface area contributed by atoms with Gasteiger partial charge in [0.15, 0.2) is 5.78 Å². The molecule has 1 amide bonds. The molecular formula is C27H29FN4O3. The van der Waals surface area contributed by atoms with Gasteiger partial charge in [-0.05, 0) is 86.8 Å². The lowest BCUT2D eigenvalue weighted by Crippen LogP contribution is -2.54. The van der Waals surface area contributed by atoms with E-state index in [2.05, 4.69) is 21.4 Å². The number of carbonyl (C=O) groups excluding carboxylic acids is 2. The van der Waals surface area contributed by atoms with E-state index in [9.17, 15) is 14.0 Å². The molecule has 0 saturated carbocycles. The molecule has 0 aliphatic carbocycles. The Morgan fingerprint density at radius 3 is 2.54 bits per heavy atom. The van der Waals surface area contributed by atoms with Crippen LogP contribution in [0.5, 0.6) is 0 Å². The van der Waals surface area contributed by atoms with Gasteiger partial charge in [0.25, 0.3) is 0 Å². The Kier molecular flexibility index (Phi) is 6.38. The predicted octanol–water partition coefficient (Wildman–Crippen LogP) is 4.86. The minimum atomic E-state index is -0.490. The van der Waals surface area contributed by atoms with Gasteiger partial charge in [0.1, 0.15) is 12.4 Å². The van der Waals surface area contributed by atoms with E-state index in [1.165, 1.54) is 24.8 Å². The third kappa shape index (κ3) is 4.98. The molecule has 0 radical (unpaired) electrons. The molecule has 8 heteroatoms. The Labute approximate surface area is 203 Å². The van der Waals surface area contributed by atoms with E-state index in [-0.39, 0.29) is 17.6 Å². The van der Waals surface area contributed by atoms with Crippen LogP contribution in [0.15, 0.2) is 54.6 Å². The van der Waals surface area contributed by atoms with Crippen molar-refractivity contribution in [3.05, 3.63) is 71.7 Å². The Hall–Kier alpha value is -3.52. The van der Waals surface area contributed by atoms with E-state index >= 15 is 0 Å². The predicted molar refractivity (Wildman–Crippen MR) is 131 cm³/mol. The van der Waals surface area contributed by atoms with Gasteiger partial charge in [-0.3, -0.25) is 19.7 Å². The van der Waals surface area contributed by atoms with Gasteiger partial charge in [0, 0.05) is 48.1 Å². The van der Waals surface area contributed by atoms with Crippen LogP contribution in [0.3, 0.4) is 0 Å². The van der Waals surface area contributed by atoms with Crippen LogP contribution in [0.4, 0.5) is 14.9 Å². The lowest BCUT2D eigenvalue weighted by molar-refractivity contribution is -0.00222. The number of fused-ring (bicyclic) bond motifs is 3. The van der Waals surface area contributed by atoms with Crippen LogP contribution in [0.1, 0.15) is 41.7 Å². The number of piperidine rings is 3. The van der Waals surface area contributed by atoms with E-state index < -0.39 is 6.09 Å². The number of hydrogen-bond acceptors (Lipinski definition) is 5. The summed E-state index contributed by atoms with van der Waals surface area (Å²) >= 11 is 0. The summed E-state index contributed by atoms with van der Waals surface area (Å²) in [4.78, 5) is 26.1. The fraction of sp³-hybridized carbons (Fsp3) is 0.370. The van der Waals surface area contributed by atoms with E-state index in [0.29, 0.717) is 29.7 Å². The number of ether oxygens (including phenoxy) is 1. The van der Waals surface area contributed by atoms with Crippen molar-refractivity contribution >= 4 is 17.6 Å². The zero-order valence-corrected chi connectivity index (χ0v) is 19.9. The Balaban J connectivity index is 1.18. The molecule has 7 nitrogen and oxygen atoms in total. The smallest absolute Gasteiger partial charge is 0.411 e. The molecule has 3 saturated heterocycles. The molecule has 3 aromatic rings. The van der Waals surface area contributed by atoms with Gasteiger partial charge >= 0.3 is 6.09 Å². The maximum atomic E-state index is 13.3. The standard InChI is InChI=1S/C27H29FN4O3/c1-17(33)18-5-9-22(10-6-18)29-27(34)35-16-23-13-20-11-12-32(23)15-24(20)26-14-25(30-31(26)2)19-3-7-21(28)8-4-19/h3-10,14,20,23-24H,11-13,15-16H2,1-2H3,(H,29,34)/t20-,23+,24-/m0/s1. The Morgan fingerprint density at radius 1 is 1.14 bits per heavy atom. The number of carbonyl (C=O) groups is 2. The first kappa shape index (κ1) is 23.2. The normalized spacial score (nSPS) is 23.2. The molecule has 3 aliphatic heterocycles. The number of halogens is 1. The minimum absolute atomic E-state index is 0.0170. The topological polar surface area (TPSA) is 76.5 Å². The number of anilines is 1. The highest BCUT2D eigenvalue weighted by molar-refractivity contribution is 5.94. The molecule has 0 spiro atoms. The molecule has 1 aromatic heterocycles. The first-order valence-corrected chi connectivity index (χ1v) is 12.0. The van der Waals surface area contributed by atoms with Crippen LogP contribution in [0.25, 0.3) is 11.3 Å². The quantitative estimate of drug-likeness (QED) is 0.515. The molecule has 182 valence electrons. The molecule has 3 aliphatic rings. The van der Waals surface area contributed by atoms with Crippen molar-refractivity contribution in [3.8, 4) is 11.3 Å². The molecule has 4 heterocycles.